The molecule has 0 saturated carbocycles. The normalized spacial score (nSPS) is 12.0. The van der Waals surface area contributed by atoms with Gasteiger partial charge in [-0.2, -0.15) is 0 Å². The Morgan fingerprint density at radius 1 is 0.636 bits per heavy atom. The molecule has 11 nitrogen and oxygen atoms in total. The number of alkyl carbamates (subject to hydrolysis) is 1. The van der Waals surface area contributed by atoms with Crippen LogP contribution in [0, 0.1) is 0 Å². The van der Waals surface area contributed by atoms with Gasteiger partial charge in [-0.05, 0) is 42.5 Å². The van der Waals surface area contributed by atoms with Crippen LogP contribution in [0.25, 0.3) is 0 Å². The molecule has 1 aliphatic rings. The predicted molar refractivity (Wildman–Crippen MR) is 161 cm³/mol. The van der Waals surface area contributed by atoms with Crippen molar-refractivity contribution in [1.29, 1.82) is 0 Å². The van der Waals surface area contributed by atoms with E-state index in [4.69, 9.17) is 9.47 Å². The summed E-state index contributed by atoms with van der Waals surface area (Å²) < 4.78 is 10.7. The maximum Gasteiger partial charge on any atom is 0.410 e. The number of amides is 5. The smallest absolute Gasteiger partial charge is 0.410 e. The van der Waals surface area contributed by atoms with Crippen LogP contribution in [0.15, 0.2) is 84.9 Å². The van der Waals surface area contributed by atoms with Gasteiger partial charge in [0.15, 0.2) is 0 Å². The van der Waals surface area contributed by atoms with Gasteiger partial charge >= 0.3 is 12.2 Å². The molecule has 0 bridgehead atoms. The maximum absolute atomic E-state index is 12.9. The van der Waals surface area contributed by atoms with Crippen LogP contribution in [-0.4, -0.2) is 72.4 Å². The van der Waals surface area contributed by atoms with Crippen LogP contribution >= 0.6 is 0 Å². The quantitative estimate of drug-likeness (QED) is 0.198. The third kappa shape index (κ3) is 9.41. The molecule has 0 unspecified atom stereocenters. The highest BCUT2D eigenvalue weighted by Crippen LogP contribution is 2.21. The lowest BCUT2D eigenvalue weighted by atomic mass is 10.1. The van der Waals surface area contributed by atoms with Crippen LogP contribution in [0.4, 0.5) is 9.59 Å². The molecule has 1 heterocycles. The van der Waals surface area contributed by atoms with Gasteiger partial charge in [0.1, 0.15) is 19.8 Å². The summed E-state index contributed by atoms with van der Waals surface area (Å²) in [5, 5.41) is 5.43. The van der Waals surface area contributed by atoms with Gasteiger partial charge in [0, 0.05) is 26.2 Å². The molecule has 0 spiro atoms. The molecule has 11 heteroatoms. The molecule has 0 fully saturated rings. The Morgan fingerprint density at radius 2 is 1.16 bits per heavy atom. The number of rotatable bonds is 15. The van der Waals surface area contributed by atoms with Crippen molar-refractivity contribution in [3.05, 3.63) is 107 Å². The van der Waals surface area contributed by atoms with E-state index in [0.29, 0.717) is 56.6 Å². The van der Waals surface area contributed by atoms with E-state index < -0.39 is 29.9 Å². The van der Waals surface area contributed by atoms with Crippen molar-refractivity contribution in [2.24, 2.45) is 0 Å². The first-order valence-electron chi connectivity index (χ1n) is 14.5. The van der Waals surface area contributed by atoms with Gasteiger partial charge in [0.05, 0.1) is 11.1 Å². The van der Waals surface area contributed by atoms with Gasteiger partial charge in [0.25, 0.3) is 11.8 Å². The first-order chi connectivity index (χ1) is 21.4. The molecule has 1 aliphatic heterocycles. The number of benzene rings is 3. The number of nitrogens with one attached hydrogen (secondary N) is 2. The summed E-state index contributed by atoms with van der Waals surface area (Å²) in [6.45, 7) is 1.28. The predicted octanol–water partition coefficient (Wildman–Crippen LogP) is 4.13. The molecule has 3 aromatic rings. The zero-order valence-corrected chi connectivity index (χ0v) is 24.4. The number of imide groups is 1. The summed E-state index contributed by atoms with van der Waals surface area (Å²) >= 11 is 0. The molecule has 4 rings (SSSR count). The van der Waals surface area contributed by atoms with Gasteiger partial charge in [-0.1, -0.05) is 72.8 Å². The average molecular weight is 601 g/mol. The Bertz CT molecular complexity index is 1400. The molecule has 0 saturated heterocycles. The van der Waals surface area contributed by atoms with Crippen LogP contribution in [0.5, 0.6) is 0 Å². The molecule has 5 amide bonds. The highest BCUT2D eigenvalue weighted by Gasteiger charge is 2.36. The fraction of sp³-hybridized carbons (Fsp3) is 0.303. The minimum Gasteiger partial charge on any atom is -0.445 e. The second kappa shape index (κ2) is 16.4. The molecule has 230 valence electrons. The molecule has 44 heavy (non-hydrogen) atoms. The summed E-state index contributed by atoms with van der Waals surface area (Å²) in [7, 11) is 0. The van der Waals surface area contributed by atoms with Crippen molar-refractivity contribution in [3.8, 4) is 0 Å². The number of fused-ring (bicyclic) bond motifs is 1. The molecule has 0 atom stereocenters. The Hall–Kier alpha value is -5.19. The van der Waals surface area contributed by atoms with Crippen molar-refractivity contribution in [2.45, 2.75) is 32.5 Å². The van der Waals surface area contributed by atoms with E-state index in [2.05, 4.69) is 10.6 Å². The number of carbonyl (C=O) groups excluding carboxylic acids is 5. The zero-order valence-electron chi connectivity index (χ0n) is 24.4. The summed E-state index contributed by atoms with van der Waals surface area (Å²) in [6.07, 6.45) is 0.595. The van der Waals surface area contributed by atoms with E-state index >= 15 is 0 Å². The van der Waals surface area contributed by atoms with E-state index in [0.717, 1.165) is 16.0 Å². The lowest BCUT2D eigenvalue weighted by Gasteiger charge is -2.22. The van der Waals surface area contributed by atoms with Crippen molar-refractivity contribution in [3.63, 3.8) is 0 Å². The monoisotopic (exact) mass is 600 g/mol. The number of hydrogen-bond donors (Lipinski definition) is 2. The molecular weight excluding hydrogens is 564 g/mol. The minimum absolute atomic E-state index is 0.133. The summed E-state index contributed by atoms with van der Waals surface area (Å²) in [5.41, 5.74) is 2.34. The molecule has 0 radical (unpaired) electrons. The van der Waals surface area contributed by atoms with Gasteiger partial charge in [-0.3, -0.25) is 19.3 Å². The van der Waals surface area contributed by atoms with E-state index in [1.54, 1.807) is 29.2 Å². The van der Waals surface area contributed by atoms with Crippen molar-refractivity contribution >= 4 is 29.9 Å². The van der Waals surface area contributed by atoms with Gasteiger partial charge in [-0.15, -0.1) is 0 Å². The second-order valence-electron chi connectivity index (χ2n) is 10.2. The standard InChI is InChI=1S/C33H36N4O7/c38-29(22-37-30(39)27-16-7-8-17-28(27)31(37)40)34-18-9-10-20-36(33(42)44-24-26-14-5-2-6-15-26)21-11-19-35-32(41)43-23-25-12-3-1-4-13-25/h1-8,12-17H,9-11,18-24H2,(H,34,38)(H,35,41). The fourth-order valence-electron chi connectivity index (χ4n) is 4.58. The van der Waals surface area contributed by atoms with Crippen LogP contribution in [0.3, 0.4) is 0 Å². The lowest BCUT2D eigenvalue weighted by Crippen LogP contribution is -2.40. The highest BCUT2D eigenvalue weighted by atomic mass is 16.6. The van der Waals surface area contributed by atoms with Gasteiger partial charge in [-0.25, -0.2) is 9.59 Å². The maximum atomic E-state index is 12.9. The first-order valence-corrected chi connectivity index (χ1v) is 14.5. The van der Waals surface area contributed by atoms with E-state index in [-0.39, 0.29) is 19.8 Å². The van der Waals surface area contributed by atoms with Crippen molar-refractivity contribution in [2.75, 3.05) is 32.7 Å². The fourth-order valence-corrected chi connectivity index (χ4v) is 4.58. The number of carbonyl (C=O) groups is 5. The molecule has 0 aliphatic carbocycles. The van der Waals surface area contributed by atoms with E-state index in [1.807, 2.05) is 60.7 Å². The third-order valence-electron chi connectivity index (χ3n) is 6.91. The zero-order chi connectivity index (χ0) is 31.1. The third-order valence-corrected chi connectivity index (χ3v) is 6.91. The minimum atomic E-state index is -0.538. The largest absolute Gasteiger partial charge is 0.445 e. The number of nitrogens with zero attached hydrogens (tertiary/aromatic N) is 2. The summed E-state index contributed by atoms with van der Waals surface area (Å²) in [5.74, 6) is -1.41. The Morgan fingerprint density at radius 3 is 1.77 bits per heavy atom. The van der Waals surface area contributed by atoms with E-state index in [9.17, 15) is 24.0 Å². The average Bonchev–Trinajstić information content (AvgIpc) is 3.29. The Balaban J connectivity index is 1.17. The molecule has 2 N–H and O–H groups in total. The van der Waals surface area contributed by atoms with Gasteiger partial charge in [0.2, 0.25) is 5.91 Å². The first kappa shape index (κ1) is 31.7. The number of hydrogen-bond acceptors (Lipinski definition) is 7. The number of ether oxygens (including phenoxy) is 2. The summed E-state index contributed by atoms with van der Waals surface area (Å²) in [4.78, 5) is 64.8. The summed E-state index contributed by atoms with van der Waals surface area (Å²) in [6, 6.07) is 25.2. The van der Waals surface area contributed by atoms with E-state index in [1.165, 1.54) is 0 Å². The topological polar surface area (TPSA) is 134 Å². The Labute approximate surface area is 256 Å². The Kier molecular flexibility index (Phi) is 11.9. The van der Waals surface area contributed by atoms with Crippen molar-refractivity contribution in [1.82, 2.24) is 20.4 Å². The van der Waals surface area contributed by atoms with Gasteiger partial charge < -0.3 is 25.0 Å². The van der Waals surface area contributed by atoms with Crippen LogP contribution in [0.1, 0.15) is 51.1 Å². The molecule has 3 aromatic carbocycles. The van der Waals surface area contributed by atoms with Crippen LogP contribution < -0.4 is 10.6 Å². The molecular formula is C33H36N4O7. The SMILES string of the molecule is O=C(CN1C(=O)c2ccccc2C1=O)NCCCCN(CCCNC(=O)OCc1ccccc1)C(=O)OCc1ccccc1. The van der Waals surface area contributed by atoms with Crippen LogP contribution in [0.2, 0.25) is 0 Å². The lowest BCUT2D eigenvalue weighted by molar-refractivity contribution is -0.121. The number of unbranched alkanes of at least 4 members (excludes halogenated alkanes) is 1. The highest BCUT2D eigenvalue weighted by molar-refractivity contribution is 6.22. The second-order valence-corrected chi connectivity index (χ2v) is 10.2. The van der Waals surface area contributed by atoms with Crippen LogP contribution in [-0.2, 0) is 27.5 Å². The molecule has 0 aromatic heterocycles. The van der Waals surface area contributed by atoms with Crippen molar-refractivity contribution < 1.29 is 33.4 Å².